The monoisotopic (exact) mass is 324 g/mol. The molecule has 6 heteroatoms. The van der Waals surface area contributed by atoms with Crippen molar-refractivity contribution in [3.05, 3.63) is 14.8 Å². The summed E-state index contributed by atoms with van der Waals surface area (Å²) in [5.41, 5.74) is 0.811. The summed E-state index contributed by atoms with van der Waals surface area (Å²) in [5.74, 6) is -0.863. The molecule has 0 saturated carbocycles. The lowest BCUT2D eigenvalue weighted by atomic mass is 10.2. The number of carboxylic acids is 1. The van der Waals surface area contributed by atoms with Crippen molar-refractivity contribution in [1.29, 1.82) is 0 Å². The topological polar surface area (TPSA) is 55.1 Å². The molecule has 4 nitrogen and oxygen atoms in total. The van der Waals surface area contributed by atoms with E-state index >= 15 is 0 Å². The molecule has 14 heavy (non-hydrogen) atoms. The number of nitrogens with zero attached hydrogens (tertiary/aromatic N) is 2. The molecule has 0 aromatic carbocycles. The Bertz CT molecular complexity index is 362. The van der Waals surface area contributed by atoms with Crippen LogP contribution in [0.15, 0.2) is 9.08 Å². The summed E-state index contributed by atoms with van der Waals surface area (Å²) in [4.78, 5) is 10.9. The summed E-state index contributed by atoms with van der Waals surface area (Å²) in [6.07, 6.45) is 0.511. The largest absolute Gasteiger partial charge is 0.480 e. The van der Waals surface area contributed by atoms with E-state index in [2.05, 4.69) is 37.0 Å². The van der Waals surface area contributed by atoms with Gasteiger partial charge in [0.2, 0.25) is 0 Å². The third kappa shape index (κ3) is 2.00. The summed E-state index contributed by atoms with van der Waals surface area (Å²) in [6.45, 7) is 3.65. The Morgan fingerprint density at radius 1 is 1.64 bits per heavy atom. The van der Waals surface area contributed by atoms with Gasteiger partial charge < -0.3 is 5.11 Å². The van der Waals surface area contributed by atoms with Crippen LogP contribution < -0.4 is 0 Å². The van der Waals surface area contributed by atoms with Gasteiger partial charge in [-0.15, -0.1) is 0 Å². The average Bonchev–Trinajstić information content (AvgIpc) is 2.35. The Morgan fingerprint density at radius 2 is 2.21 bits per heavy atom. The maximum Gasteiger partial charge on any atom is 0.328 e. The zero-order valence-electron chi connectivity index (χ0n) is 7.79. The van der Waals surface area contributed by atoms with Crippen molar-refractivity contribution < 1.29 is 9.90 Å². The van der Waals surface area contributed by atoms with E-state index in [0.29, 0.717) is 11.0 Å². The third-order valence-electron chi connectivity index (χ3n) is 2.00. The maximum atomic E-state index is 10.9. The van der Waals surface area contributed by atoms with Crippen LogP contribution in [-0.4, -0.2) is 20.9 Å². The van der Waals surface area contributed by atoms with Crippen LogP contribution in [0.4, 0.5) is 0 Å². The van der Waals surface area contributed by atoms with E-state index in [1.807, 2.05) is 13.8 Å². The fraction of sp³-hybridized carbons (Fsp3) is 0.500. The van der Waals surface area contributed by atoms with Crippen LogP contribution >= 0.6 is 31.9 Å². The van der Waals surface area contributed by atoms with Crippen LogP contribution in [0.3, 0.4) is 0 Å². The van der Waals surface area contributed by atoms with E-state index < -0.39 is 12.0 Å². The molecule has 0 aliphatic carbocycles. The van der Waals surface area contributed by atoms with Crippen LogP contribution in [0.2, 0.25) is 0 Å². The number of halogens is 2. The Kier molecular flexibility index (Phi) is 3.71. The smallest absolute Gasteiger partial charge is 0.328 e. The van der Waals surface area contributed by atoms with E-state index in [9.17, 15) is 4.79 Å². The van der Waals surface area contributed by atoms with Crippen LogP contribution in [0, 0.1) is 6.92 Å². The predicted molar refractivity (Wildman–Crippen MR) is 59.3 cm³/mol. The Morgan fingerprint density at radius 3 is 2.50 bits per heavy atom. The van der Waals surface area contributed by atoms with E-state index in [-0.39, 0.29) is 0 Å². The summed E-state index contributed by atoms with van der Waals surface area (Å²) in [7, 11) is 0. The highest BCUT2D eigenvalue weighted by Crippen LogP contribution is 2.28. The van der Waals surface area contributed by atoms with Crippen molar-refractivity contribution in [2.45, 2.75) is 26.3 Å². The van der Waals surface area contributed by atoms with Crippen molar-refractivity contribution in [2.75, 3.05) is 0 Å². The van der Waals surface area contributed by atoms with Crippen molar-refractivity contribution in [2.24, 2.45) is 0 Å². The van der Waals surface area contributed by atoms with Gasteiger partial charge in [0.15, 0.2) is 0 Å². The number of carboxylic acid groups (broad SMARTS) is 1. The fourth-order valence-corrected chi connectivity index (χ4v) is 1.94. The standard InChI is InChI=1S/C8H10Br2N2O2/c1-3-5(8(13)14)12-4(2)6(9)7(10)11-12/h5H,3H2,1-2H3,(H,13,14). The lowest BCUT2D eigenvalue weighted by Crippen LogP contribution is -2.20. The van der Waals surface area contributed by atoms with Gasteiger partial charge >= 0.3 is 5.97 Å². The SMILES string of the molecule is CCC(C(=O)O)n1nc(Br)c(Br)c1C. The third-order valence-corrected chi connectivity index (χ3v) is 4.04. The van der Waals surface area contributed by atoms with Gasteiger partial charge in [0.1, 0.15) is 10.6 Å². The normalized spacial score (nSPS) is 12.9. The molecule has 0 fully saturated rings. The molecule has 1 N–H and O–H groups in total. The average molecular weight is 326 g/mol. The maximum absolute atomic E-state index is 10.9. The predicted octanol–water partition coefficient (Wildman–Crippen LogP) is 2.75. The number of carbonyl (C=O) groups is 1. The molecule has 0 bridgehead atoms. The molecule has 0 aliphatic heterocycles. The quantitative estimate of drug-likeness (QED) is 0.929. The molecule has 0 radical (unpaired) electrons. The van der Waals surface area contributed by atoms with Crippen LogP contribution in [0.1, 0.15) is 25.1 Å². The highest BCUT2D eigenvalue weighted by Gasteiger charge is 2.22. The second-order valence-corrected chi connectivity index (χ2v) is 4.44. The van der Waals surface area contributed by atoms with Gasteiger partial charge in [0.05, 0.1) is 10.2 Å². The van der Waals surface area contributed by atoms with E-state index in [4.69, 9.17) is 5.11 Å². The lowest BCUT2D eigenvalue weighted by molar-refractivity contribution is -0.141. The number of hydrogen-bond donors (Lipinski definition) is 1. The van der Waals surface area contributed by atoms with E-state index in [0.717, 1.165) is 10.2 Å². The molecule has 1 aromatic rings. The minimum absolute atomic E-state index is 0.511. The summed E-state index contributed by atoms with van der Waals surface area (Å²) in [5, 5.41) is 13.1. The van der Waals surface area contributed by atoms with Gasteiger partial charge in [-0.2, -0.15) is 5.10 Å². The van der Waals surface area contributed by atoms with Crippen LogP contribution in [-0.2, 0) is 4.79 Å². The first-order valence-corrected chi connectivity index (χ1v) is 5.70. The van der Waals surface area contributed by atoms with Crippen LogP contribution in [0.5, 0.6) is 0 Å². The summed E-state index contributed by atoms with van der Waals surface area (Å²) >= 11 is 6.57. The molecule has 1 aromatic heterocycles. The van der Waals surface area contributed by atoms with Crippen molar-refractivity contribution in [1.82, 2.24) is 9.78 Å². The zero-order chi connectivity index (χ0) is 10.9. The Labute approximate surface area is 98.6 Å². The molecular formula is C8H10Br2N2O2. The number of rotatable bonds is 3. The molecule has 1 atom stereocenters. The summed E-state index contributed by atoms with van der Waals surface area (Å²) < 4.78 is 2.95. The first-order chi connectivity index (χ1) is 6.49. The Balaban J connectivity index is 3.17. The first kappa shape index (κ1) is 11.7. The van der Waals surface area contributed by atoms with Gasteiger partial charge in [-0.1, -0.05) is 6.92 Å². The number of aromatic nitrogens is 2. The lowest BCUT2D eigenvalue weighted by Gasteiger charge is -2.11. The number of aliphatic carboxylic acids is 1. The first-order valence-electron chi connectivity index (χ1n) is 4.12. The molecule has 1 unspecified atom stereocenters. The molecule has 0 spiro atoms. The second-order valence-electron chi connectivity index (χ2n) is 2.90. The molecule has 0 saturated heterocycles. The van der Waals surface area contributed by atoms with Crippen LogP contribution in [0.25, 0.3) is 0 Å². The zero-order valence-corrected chi connectivity index (χ0v) is 11.0. The molecule has 1 heterocycles. The van der Waals surface area contributed by atoms with Gasteiger partial charge in [0.25, 0.3) is 0 Å². The van der Waals surface area contributed by atoms with E-state index in [1.165, 1.54) is 4.68 Å². The van der Waals surface area contributed by atoms with Gasteiger partial charge in [-0.3, -0.25) is 4.68 Å². The molecule has 0 amide bonds. The fourth-order valence-electron chi connectivity index (χ4n) is 1.22. The molecule has 78 valence electrons. The van der Waals surface area contributed by atoms with E-state index in [1.54, 1.807) is 0 Å². The van der Waals surface area contributed by atoms with Crippen molar-refractivity contribution >= 4 is 37.8 Å². The molecule has 1 rings (SSSR count). The second kappa shape index (κ2) is 4.44. The minimum atomic E-state index is -0.863. The molecule has 0 aliphatic rings. The van der Waals surface area contributed by atoms with Gasteiger partial charge in [-0.05, 0) is 45.2 Å². The van der Waals surface area contributed by atoms with Gasteiger partial charge in [0, 0.05) is 0 Å². The van der Waals surface area contributed by atoms with Crippen molar-refractivity contribution in [3.63, 3.8) is 0 Å². The summed E-state index contributed by atoms with van der Waals surface area (Å²) in [6, 6.07) is -0.599. The van der Waals surface area contributed by atoms with Gasteiger partial charge in [-0.25, -0.2) is 4.79 Å². The highest BCUT2D eigenvalue weighted by atomic mass is 79.9. The molecular weight excluding hydrogens is 316 g/mol. The minimum Gasteiger partial charge on any atom is -0.480 e. The highest BCUT2D eigenvalue weighted by molar-refractivity contribution is 9.13. The van der Waals surface area contributed by atoms with Crippen molar-refractivity contribution in [3.8, 4) is 0 Å². The Hall–Kier alpha value is -0.360. The number of hydrogen-bond acceptors (Lipinski definition) is 2.